The Hall–Kier alpha value is -0.920. The molecule has 0 saturated heterocycles. The van der Waals surface area contributed by atoms with Gasteiger partial charge in [0.2, 0.25) is 0 Å². The van der Waals surface area contributed by atoms with E-state index in [0.717, 1.165) is 12.8 Å². The van der Waals surface area contributed by atoms with Crippen molar-refractivity contribution in [2.75, 3.05) is 0 Å². The number of benzene rings is 1. The fourth-order valence-corrected chi connectivity index (χ4v) is 1.89. The Morgan fingerprint density at radius 3 is 2.77 bits per heavy atom. The van der Waals surface area contributed by atoms with Crippen LogP contribution in [0.2, 0.25) is 0 Å². The molecule has 2 atom stereocenters. The molecule has 1 fully saturated rings. The molecule has 1 aromatic carbocycles. The Bertz CT molecular complexity index is 320. The largest absolute Gasteiger partial charge is 0.204 e. The molecule has 1 aliphatic carbocycles. The van der Waals surface area contributed by atoms with E-state index < -0.39 is 11.6 Å². The molecular formula is C11H12F2. The van der Waals surface area contributed by atoms with Crippen molar-refractivity contribution in [3.05, 3.63) is 35.4 Å². The fourth-order valence-electron chi connectivity index (χ4n) is 1.89. The smallest absolute Gasteiger partial charge is 0.162 e. The lowest BCUT2D eigenvalue weighted by atomic mass is 10.1. The van der Waals surface area contributed by atoms with Gasteiger partial charge in [-0.05, 0) is 29.9 Å². The third-order valence-corrected chi connectivity index (χ3v) is 2.83. The molecule has 0 bridgehead atoms. The second-order valence-corrected chi connectivity index (χ2v) is 3.65. The average Bonchev–Trinajstić information content (AvgIpc) is 2.89. The molecule has 0 spiro atoms. The fraction of sp³-hybridized carbons (Fsp3) is 0.455. The Balaban J connectivity index is 2.27. The van der Waals surface area contributed by atoms with Gasteiger partial charge in [0, 0.05) is 0 Å². The average molecular weight is 182 g/mol. The van der Waals surface area contributed by atoms with Crippen LogP contribution < -0.4 is 0 Å². The summed E-state index contributed by atoms with van der Waals surface area (Å²) in [7, 11) is 0. The van der Waals surface area contributed by atoms with E-state index in [4.69, 9.17) is 0 Å². The summed E-state index contributed by atoms with van der Waals surface area (Å²) in [5.74, 6) is -0.542. The Morgan fingerprint density at radius 2 is 2.15 bits per heavy atom. The van der Waals surface area contributed by atoms with Crippen LogP contribution in [0.5, 0.6) is 0 Å². The van der Waals surface area contributed by atoms with E-state index in [-0.39, 0.29) is 5.92 Å². The van der Waals surface area contributed by atoms with Crippen molar-refractivity contribution in [1.82, 2.24) is 0 Å². The highest BCUT2D eigenvalue weighted by Crippen LogP contribution is 2.50. The zero-order valence-corrected chi connectivity index (χ0v) is 7.56. The van der Waals surface area contributed by atoms with Crippen LogP contribution in [0.4, 0.5) is 8.78 Å². The zero-order valence-electron chi connectivity index (χ0n) is 7.56. The van der Waals surface area contributed by atoms with Crippen LogP contribution in [0.1, 0.15) is 31.2 Å². The molecule has 2 rings (SSSR count). The molecule has 2 heteroatoms. The Labute approximate surface area is 76.6 Å². The maximum Gasteiger partial charge on any atom is 0.162 e. The third kappa shape index (κ3) is 1.45. The Morgan fingerprint density at radius 1 is 1.38 bits per heavy atom. The highest BCUT2D eigenvalue weighted by atomic mass is 19.2. The van der Waals surface area contributed by atoms with Gasteiger partial charge in [-0.1, -0.05) is 25.5 Å². The normalized spacial score (nSPS) is 26.1. The van der Waals surface area contributed by atoms with Crippen LogP contribution >= 0.6 is 0 Å². The first-order valence-electron chi connectivity index (χ1n) is 4.68. The molecule has 0 nitrogen and oxygen atoms in total. The highest BCUT2D eigenvalue weighted by molar-refractivity contribution is 5.28. The van der Waals surface area contributed by atoms with Gasteiger partial charge >= 0.3 is 0 Å². The van der Waals surface area contributed by atoms with Gasteiger partial charge < -0.3 is 0 Å². The molecule has 0 heterocycles. The van der Waals surface area contributed by atoms with E-state index in [1.54, 1.807) is 12.1 Å². The minimum atomic E-state index is -0.723. The first-order chi connectivity index (χ1) is 6.24. The lowest BCUT2D eigenvalue weighted by Crippen LogP contribution is -1.92. The molecule has 1 saturated carbocycles. The first kappa shape index (κ1) is 8.67. The molecule has 0 radical (unpaired) electrons. The molecule has 70 valence electrons. The van der Waals surface area contributed by atoms with E-state index in [1.807, 2.05) is 0 Å². The molecular weight excluding hydrogens is 170 g/mol. The molecule has 0 amide bonds. The molecule has 0 unspecified atom stereocenters. The van der Waals surface area contributed by atoms with Crippen LogP contribution in [-0.2, 0) is 0 Å². The molecule has 0 N–H and O–H groups in total. The van der Waals surface area contributed by atoms with Crippen LogP contribution in [0.3, 0.4) is 0 Å². The second kappa shape index (κ2) is 3.09. The number of rotatable bonds is 2. The maximum atomic E-state index is 13.2. The van der Waals surface area contributed by atoms with Gasteiger partial charge in [0.15, 0.2) is 11.6 Å². The van der Waals surface area contributed by atoms with Crippen molar-refractivity contribution in [2.24, 2.45) is 5.92 Å². The monoisotopic (exact) mass is 182 g/mol. The Kier molecular flexibility index (Phi) is 2.06. The number of hydrogen-bond donors (Lipinski definition) is 0. The van der Waals surface area contributed by atoms with Gasteiger partial charge in [0.05, 0.1) is 0 Å². The summed E-state index contributed by atoms with van der Waals surface area (Å²) < 4.78 is 26.1. The van der Waals surface area contributed by atoms with E-state index in [2.05, 4.69) is 6.92 Å². The van der Waals surface area contributed by atoms with Crippen LogP contribution in [-0.4, -0.2) is 0 Å². The number of hydrogen-bond acceptors (Lipinski definition) is 0. The summed E-state index contributed by atoms with van der Waals surface area (Å²) in [6, 6.07) is 4.44. The topological polar surface area (TPSA) is 0 Å². The van der Waals surface area contributed by atoms with Crippen molar-refractivity contribution in [3.8, 4) is 0 Å². The van der Waals surface area contributed by atoms with Gasteiger partial charge in [-0.15, -0.1) is 0 Å². The van der Waals surface area contributed by atoms with Crippen molar-refractivity contribution >= 4 is 0 Å². The zero-order chi connectivity index (χ0) is 9.42. The highest BCUT2D eigenvalue weighted by Gasteiger charge is 2.38. The molecule has 13 heavy (non-hydrogen) atoms. The minimum Gasteiger partial charge on any atom is -0.204 e. The molecule has 0 aliphatic heterocycles. The van der Waals surface area contributed by atoms with Crippen molar-refractivity contribution < 1.29 is 8.78 Å². The molecule has 0 aromatic heterocycles. The van der Waals surface area contributed by atoms with Crippen molar-refractivity contribution in [1.29, 1.82) is 0 Å². The van der Waals surface area contributed by atoms with Gasteiger partial charge in [0.1, 0.15) is 0 Å². The molecule has 1 aliphatic rings. The van der Waals surface area contributed by atoms with Crippen LogP contribution in [0.25, 0.3) is 0 Å². The van der Waals surface area contributed by atoms with Gasteiger partial charge in [-0.3, -0.25) is 0 Å². The predicted molar refractivity (Wildman–Crippen MR) is 47.5 cm³/mol. The lowest BCUT2D eigenvalue weighted by molar-refractivity contribution is 0.497. The summed E-state index contributed by atoms with van der Waals surface area (Å²) in [5.41, 5.74) is 0.562. The van der Waals surface area contributed by atoms with E-state index >= 15 is 0 Å². The van der Waals surface area contributed by atoms with Gasteiger partial charge in [0.25, 0.3) is 0 Å². The summed E-state index contributed by atoms with van der Waals surface area (Å²) in [6.45, 7) is 2.09. The van der Waals surface area contributed by atoms with Gasteiger partial charge in [-0.25, -0.2) is 8.78 Å². The lowest BCUT2D eigenvalue weighted by Gasteiger charge is -2.01. The van der Waals surface area contributed by atoms with Gasteiger partial charge in [-0.2, -0.15) is 0 Å². The first-order valence-corrected chi connectivity index (χ1v) is 4.68. The number of halogens is 2. The van der Waals surface area contributed by atoms with Crippen molar-refractivity contribution in [3.63, 3.8) is 0 Å². The van der Waals surface area contributed by atoms with Crippen LogP contribution in [0, 0.1) is 17.6 Å². The minimum absolute atomic E-state index is 0.265. The van der Waals surface area contributed by atoms with E-state index in [1.165, 1.54) is 6.07 Å². The summed E-state index contributed by atoms with van der Waals surface area (Å²) in [5, 5.41) is 0. The predicted octanol–water partition coefficient (Wildman–Crippen LogP) is 3.48. The third-order valence-electron chi connectivity index (χ3n) is 2.83. The maximum absolute atomic E-state index is 13.2. The standard InChI is InChI=1S/C11H12F2/c1-2-7-6-9(7)8-4-3-5-10(12)11(8)13/h3-5,7,9H,2,6H2,1H3/t7-,9-/m0/s1. The SMILES string of the molecule is CC[C@H]1C[C@@H]1c1cccc(F)c1F. The van der Waals surface area contributed by atoms with Crippen LogP contribution in [0.15, 0.2) is 18.2 Å². The molecule has 1 aromatic rings. The summed E-state index contributed by atoms with van der Waals surface area (Å²) in [6.07, 6.45) is 2.07. The second-order valence-electron chi connectivity index (χ2n) is 3.65. The van der Waals surface area contributed by atoms with E-state index in [0.29, 0.717) is 11.5 Å². The quantitative estimate of drug-likeness (QED) is 0.656. The van der Waals surface area contributed by atoms with Crippen molar-refractivity contribution in [2.45, 2.75) is 25.7 Å². The summed E-state index contributed by atoms with van der Waals surface area (Å²) >= 11 is 0. The van der Waals surface area contributed by atoms with E-state index in [9.17, 15) is 8.78 Å². The summed E-state index contributed by atoms with van der Waals surface area (Å²) in [4.78, 5) is 0.